The average Bonchev–Trinajstić information content (AvgIpc) is 2.50. The number of nitrogens with zero attached hydrogens (tertiary/aromatic N) is 1. The Bertz CT molecular complexity index is 216. The highest BCUT2D eigenvalue weighted by Gasteiger charge is 2.25. The molecule has 15 heavy (non-hydrogen) atoms. The molecule has 1 rings (SSSR count). The molecule has 1 aliphatic heterocycles. The van der Waals surface area contributed by atoms with E-state index in [-0.39, 0.29) is 11.7 Å². The van der Waals surface area contributed by atoms with E-state index in [0.29, 0.717) is 26.3 Å². The molecule has 1 aliphatic rings. The molecule has 0 aliphatic carbocycles. The summed E-state index contributed by atoms with van der Waals surface area (Å²) in [6, 6.07) is 0. The molecular formula is C11H21NO3. The third-order valence-corrected chi connectivity index (χ3v) is 2.47. The number of carbonyl (C=O) groups is 1. The largest absolute Gasteiger partial charge is 0.389 e. The lowest BCUT2D eigenvalue weighted by atomic mass is 10.0. The summed E-state index contributed by atoms with van der Waals surface area (Å²) in [5.41, 5.74) is -0.749. The highest BCUT2D eigenvalue weighted by Crippen LogP contribution is 2.14. The zero-order valence-electron chi connectivity index (χ0n) is 9.82. The first-order valence-corrected chi connectivity index (χ1v) is 5.40. The lowest BCUT2D eigenvalue weighted by Gasteiger charge is -2.25. The fourth-order valence-electron chi connectivity index (χ4n) is 1.90. The standard InChI is InChI=1S/C11H21NO3/c1-11(2,14)8-12(3)6-10(13)9-4-5-15-7-9/h9,14H,4-8H2,1-3H3. The van der Waals surface area contributed by atoms with Crippen LogP contribution in [0.1, 0.15) is 20.3 Å². The first kappa shape index (κ1) is 12.6. The van der Waals surface area contributed by atoms with Crippen LogP contribution < -0.4 is 0 Å². The first-order chi connectivity index (χ1) is 6.88. The van der Waals surface area contributed by atoms with Gasteiger partial charge in [-0.25, -0.2) is 0 Å². The second-order valence-corrected chi connectivity index (χ2v) is 5.01. The number of ketones is 1. The Hall–Kier alpha value is -0.450. The van der Waals surface area contributed by atoms with Crippen molar-refractivity contribution in [1.29, 1.82) is 0 Å². The Balaban J connectivity index is 2.30. The molecule has 1 atom stereocenters. The highest BCUT2D eigenvalue weighted by atomic mass is 16.5. The second-order valence-electron chi connectivity index (χ2n) is 5.01. The molecule has 0 aromatic rings. The van der Waals surface area contributed by atoms with E-state index in [1.165, 1.54) is 0 Å². The first-order valence-electron chi connectivity index (χ1n) is 5.40. The Kier molecular flexibility index (Phi) is 4.25. The van der Waals surface area contributed by atoms with Gasteiger partial charge in [0.15, 0.2) is 5.78 Å². The van der Waals surface area contributed by atoms with Crippen molar-refractivity contribution in [3.63, 3.8) is 0 Å². The maximum atomic E-state index is 11.7. The molecule has 1 saturated heterocycles. The lowest BCUT2D eigenvalue weighted by molar-refractivity contribution is -0.124. The van der Waals surface area contributed by atoms with Gasteiger partial charge in [-0.15, -0.1) is 0 Å². The van der Waals surface area contributed by atoms with Crippen LogP contribution >= 0.6 is 0 Å². The van der Waals surface area contributed by atoms with Gasteiger partial charge in [0.05, 0.1) is 18.8 Å². The van der Waals surface area contributed by atoms with Crippen LogP contribution in [0.2, 0.25) is 0 Å². The number of hydrogen-bond donors (Lipinski definition) is 1. The van der Waals surface area contributed by atoms with Gasteiger partial charge >= 0.3 is 0 Å². The fourth-order valence-corrected chi connectivity index (χ4v) is 1.90. The summed E-state index contributed by atoms with van der Waals surface area (Å²) in [7, 11) is 1.85. The zero-order valence-corrected chi connectivity index (χ0v) is 9.82. The molecule has 0 aromatic carbocycles. The van der Waals surface area contributed by atoms with Crippen LogP contribution in [0.3, 0.4) is 0 Å². The van der Waals surface area contributed by atoms with Crippen LogP contribution in [0, 0.1) is 5.92 Å². The summed E-state index contributed by atoms with van der Waals surface area (Å²) in [5.74, 6) is 0.286. The molecule has 1 fully saturated rings. The van der Waals surface area contributed by atoms with Crippen LogP contribution in [-0.4, -0.2) is 54.7 Å². The molecule has 1 heterocycles. The minimum Gasteiger partial charge on any atom is -0.389 e. The minimum atomic E-state index is -0.749. The van der Waals surface area contributed by atoms with Crippen molar-refractivity contribution in [3.8, 4) is 0 Å². The van der Waals surface area contributed by atoms with Crippen molar-refractivity contribution >= 4 is 5.78 Å². The Morgan fingerprint density at radius 2 is 2.27 bits per heavy atom. The predicted molar refractivity (Wildman–Crippen MR) is 57.7 cm³/mol. The molecule has 0 radical (unpaired) electrons. The fraction of sp³-hybridized carbons (Fsp3) is 0.909. The van der Waals surface area contributed by atoms with Gasteiger partial charge in [-0.05, 0) is 27.3 Å². The van der Waals surface area contributed by atoms with Crippen molar-refractivity contribution in [3.05, 3.63) is 0 Å². The van der Waals surface area contributed by atoms with Gasteiger partial charge < -0.3 is 9.84 Å². The van der Waals surface area contributed by atoms with Gasteiger partial charge in [-0.1, -0.05) is 0 Å². The van der Waals surface area contributed by atoms with Crippen LogP contribution in [0.25, 0.3) is 0 Å². The summed E-state index contributed by atoms with van der Waals surface area (Å²) in [6.07, 6.45) is 0.842. The maximum absolute atomic E-state index is 11.7. The van der Waals surface area contributed by atoms with Gasteiger partial charge in [0.25, 0.3) is 0 Å². The minimum absolute atomic E-state index is 0.0641. The van der Waals surface area contributed by atoms with E-state index >= 15 is 0 Å². The van der Waals surface area contributed by atoms with Crippen molar-refractivity contribution in [1.82, 2.24) is 4.90 Å². The van der Waals surface area contributed by atoms with Crippen molar-refractivity contribution in [2.45, 2.75) is 25.9 Å². The van der Waals surface area contributed by atoms with Gasteiger partial charge in [0.2, 0.25) is 0 Å². The summed E-state index contributed by atoms with van der Waals surface area (Å²) in [5, 5.41) is 9.59. The van der Waals surface area contributed by atoms with E-state index < -0.39 is 5.60 Å². The number of aliphatic hydroxyl groups is 1. The van der Waals surface area contributed by atoms with E-state index in [4.69, 9.17) is 4.74 Å². The van der Waals surface area contributed by atoms with Crippen molar-refractivity contribution < 1.29 is 14.6 Å². The number of Topliss-reactive ketones (excluding diaryl/α,β-unsaturated/α-hetero) is 1. The van der Waals surface area contributed by atoms with Crippen LogP contribution in [0.4, 0.5) is 0 Å². The molecule has 88 valence electrons. The monoisotopic (exact) mass is 215 g/mol. The smallest absolute Gasteiger partial charge is 0.152 e. The van der Waals surface area contributed by atoms with Crippen molar-refractivity contribution in [2.24, 2.45) is 5.92 Å². The van der Waals surface area contributed by atoms with Gasteiger partial charge in [0, 0.05) is 19.1 Å². The molecule has 4 nitrogen and oxygen atoms in total. The van der Waals surface area contributed by atoms with E-state index in [1.54, 1.807) is 13.8 Å². The summed E-state index contributed by atoms with van der Waals surface area (Å²) in [4.78, 5) is 13.6. The lowest BCUT2D eigenvalue weighted by Crippen LogP contribution is -2.40. The Labute approximate surface area is 91.2 Å². The topological polar surface area (TPSA) is 49.8 Å². The Morgan fingerprint density at radius 3 is 2.73 bits per heavy atom. The van der Waals surface area contributed by atoms with Crippen LogP contribution in [0.15, 0.2) is 0 Å². The quantitative estimate of drug-likeness (QED) is 0.716. The predicted octanol–water partition coefficient (Wildman–Crippen LogP) is 0.295. The number of carbonyl (C=O) groups excluding carboxylic acids is 1. The van der Waals surface area contributed by atoms with Crippen molar-refractivity contribution in [2.75, 3.05) is 33.4 Å². The molecule has 0 aromatic heterocycles. The number of likely N-dealkylation sites (N-methyl/N-ethyl adjacent to an activating group) is 1. The molecule has 1 N–H and O–H groups in total. The maximum Gasteiger partial charge on any atom is 0.152 e. The third kappa shape index (κ3) is 4.73. The molecule has 4 heteroatoms. The second kappa shape index (κ2) is 5.05. The summed E-state index contributed by atoms with van der Waals surface area (Å²) < 4.78 is 5.17. The molecule has 0 amide bonds. The van der Waals surface area contributed by atoms with E-state index in [1.807, 2.05) is 11.9 Å². The molecule has 0 spiro atoms. The number of hydrogen-bond acceptors (Lipinski definition) is 4. The Morgan fingerprint density at radius 1 is 1.60 bits per heavy atom. The van der Waals surface area contributed by atoms with Crippen LogP contribution in [0.5, 0.6) is 0 Å². The third-order valence-electron chi connectivity index (χ3n) is 2.47. The summed E-state index contributed by atoms with van der Waals surface area (Å²) in [6.45, 7) is 5.66. The summed E-state index contributed by atoms with van der Waals surface area (Å²) >= 11 is 0. The van der Waals surface area contributed by atoms with Gasteiger partial charge in [-0.2, -0.15) is 0 Å². The van der Waals surface area contributed by atoms with Gasteiger partial charge in [0.1, 0.15) is 0 Å². The normalized spacial score (nSPS) is 22.3. The van der Waals surface area contributed by atoms with E-state index in [9.17, 15) is 9.90 Å². The SMILES string of the molecule is CN(CC(=O)C1CCOC1)CC(C)(C)O. The van der Waals surface area contributed by atoms with E-state index in [2.05, 4.69) is 0 Å². The highest BCUT2D eigenvalue weighted by molar-refractivity contribution is 5.83. The molecule has 1 unspecified atom stereocenters. The molecule has 0 bridgehead atoms. The number of rotatable bonds is 5. The number of ether oxygens (including phenoxy) is 1. The van der Waals surface area contributed by atoms with Gasteiger partial charge in [-0.3, -0.25) is 9.69 Å². The molecular weight excluding hydrogens is 194 g/mol. The molecule has 0 saturated carbocycles. The zero-order chi connectivity index (χ0) is 11.5. The van der Waals surface area contributed by atoms with Crippen LogP contribution in [-0.2, 0) is 9.53 Å². The average molecular weight is 215 g/mol. The van der Waals surface area contributed by atoms with E-state index in [0.717, 1.165) is 6.42 Å².